The van der Waals surface area contributed by atoms with Gasteiger partial charge in [0, 0.05) is 7.11 Å². The van der Waals surface area contributed by atoms with E-state index >= 15 is 0 Å². The van der Waals surface area contributed by atoms with Crippen LogP contribution in [0.4, 0.5) is 13.2 Å². The first-order valence-corrected chi connectivity index (χ1v) is 4.39. The van der Waals surface area contributed by atoms with E-state index in [1.807, 2.05) is 0 Å². The fraction of sp³-hybridized carbons (Fsp3) is 0.600. The monoisotopic (exact) mass is 208 g/mol. The first-order chi connectivity index (χ1) is 6.47. The van der Waals surface area contributed by atoms with Crippen molar-refractivity contribution < 1.29 is 17.9 Å². The summed E-state index contributed by atoms with van der Waals surface area (Å²) in [5.74, 6) is 0. The predicted octanol–water partition coefficient (Wildman–Crippen LogP) is 3.48. The quantitative estimate of drug-likeness (QED) is 0.643. The Balaban J connectivity index is 4.92. The molecule has 0 aromatic rings. The number of rotatable bonds is 4. The molecule has 0 aromatic carbocycles. The fourth-order valence-corrected chi connectivity index (χ4v) is 1.11. The van der Waals surface area contributed by atoms with Crippen molar-refractivity contribution in [1.82, 2.24) is 0 Å². The molecular weight excluding hydrogens is 193 g/mol. The summed E-state index contributed by atoms with van der Waals surface area (Å²) in [6.07, 6.45) is -1.33. The molecule has 0 N–H and O–H groups in total. The maximum Gasteiger partial charge on any atom is 0.416 e. The standard InChI is InChI=1S/C10H15F3O/c1-4-6-9(10(11,12)13)8(5-2)7-14-3/h5-6H,4,7H2,1-3H3/b8-5-,9-6+. The van der Waals surface area contributed by atoms with Gasteiger partial charge in [0.2, 0.25) is 0 Å². The maximum atomic E-state index is 12.5. The topological polar surface area (TPSA) is 9.23 Å². The Morgan fingerprint density at radius 3 is 2.21 bits per heavy atom. The van der Waals surface area contributed by atoms with Crippen LogP contribution in [0.25, 0.3) is 0 Å². The zero-order valence-corrected chi connectivity index (χ0v) is 8.61. The van der Waals surface area contributed by atoms with Crippen LogP contribution < -0.4 is 0 Å². The minimum Gasteiger partial charge on any atom is -0.380 e. The normalized spacial score (nSPS) is 14.7. The minimum atomic E-state index is -4.30. The summed E-state index contributed by atoms with van der Waals surface area (Å²) in [5.41, 5.74) is -0.411. The highest BCUT2D eigenvalue weighted by Gasteiger charge is 2.34. The lowest BCUT2D eigenvalue weighted by molar-refractivity contribution is -0.0904. The minimum absolute atomic E-state index is 0.0121. The van der Waals surface area contributed by atoms with Crippen LogP contribution in [-0.4, -0.2) is 19.9 Å². The summed E-state index contributed by atoms with van der Waals surface area (Å²) in [4.78, 5) is 0. The van der Waals surface area contributed by atoms with Crippen LogP contribution in [0.2, 0.25) is 0 Å². The fourth-order valence-electron chi connectivity index (χ4n) is 1.11. The number of ether oxygens (including phenoxy) is 1. The lowest BCUT2D eigenvalue weighted by Gasteiger charge is -2.14. The summed E-state index contributed by atoms with van der Waals surface area (Å²) < 4.78 is 42.2. The van der Waals surface area contributed by atoms with E-state index in [0.29, 0.717) is 6.42 Å². The first-order valence-electron chi connectivity index (χ1n) is 4.39. The largest absolute Gasteiger partial charge is 0.416 e. The summed E-state index contributed by atoms with van der Waals surface area (Å²) in [5, 5.41) is 0. The van der Waals surface area contributed by atoms with Crippen LogP contribution in [0.5, 0.6) is 0 Å². The molecule has 0 unspecified atom stereocenters. The van der Waals surface area contributed by atoms with Crippen molar-refractivity contribution in [3.05, 3.63) is 23.3 Å². The van der Waals surface area contributed by atoms with Gasteiger partial charge in [-0.15, -0.1) is 0 Å². The summed E-state index contributed by atoms with van der Waals surface area (Å²) in [6, 6.07) is 0. The number of hydrogen-bond donors (Lipinski definition) is 0. The maximum absolute atomic E-state index is 12.5. The molecule has 14 heavy (non-hydrogen) atoms. The second kappa shape index (κ2) is 5.86. The average Bonchev–Trinajstić information content (AvgIpc) is 2.09. The highest BCUT2D eigenvalue weighted by molar-refractivity contribution is 5.34. The Hall–Kier alpha value is -0.770. The zero-order valence-electron chi connectivity index (χ0n) is 8.61. The van der Waals surface area contributed by atoms with Crippen molar-refractivity contribution in [3.8, 4) is 0 Å². The van der Waals surface area contributed by atoms with Crippen LogP contribution in [0, 0.1) is 0 Å². The van der Waals surface area contributed by atoms with Crippen LogP contribution in [0.3, 0.4) is 0 Å². The molecule has 0 bridgehead atoms. The van der Waals surface area contributed by atoms with Gasteiger partial charge in [-0.05, 0) is 18.9 Å². The SMILES string of the molecule is C/C=C(COC)\C(=C/CC)C(F)(F)F. The van der Waals surface area contributed by atoms with E-state index in [0.717, 1.165) is 0 Å². The van der Waals surface area contributed by atoms with Crippen molar-refractivity contribution >= 4 is 0 Å². The van der Waals surface area contributed by atoms with E-state index in [2.05, 4.69) is 0 Å². The van der Waals surface area contributed by atoms with Gasteiger partial charge in [-0.1, -0.05) is 19.1 Å². The molecular formula is C10H15F3O. The number of halogens is 3. The molecule has 0 saturated heterocycles. The molecule has 0 aliphatic rings. The van der Waals surface area contributed by atoms with E-state index in [-0.39, 0.29) is 12.2 Å². The number of methoxy groups -OCH3 is 1. The van der Waals surface area contributed by atoms with Gasteiger partial charge >= 0.3 is 6.18 Å². The molecule has 82 valence electrons. The third kappa shape index (κ3) is 3.96. The van der Waals surface area contributed by atoms with Gasteiger partial charge in [0.15, 0.2) is 0 Å². The first kappa shape index (κ1) is 13.2. The van der Waals surface area contributed by atoms with Gasteiger partial charge < -0.3 is 4.74 Å². The van der Waals surface area contributed by atoms with E-state index in [1.54, 1.807) is 13.8 Å². The molecule has 0 heterocycles. The number of allylic oxidation sites excluding steroid dienone is 2. The zero-order chi connectivity index (χ0) is 11.2. The van der Waals surface area contributed by atoms with Crippen molar-refractivity contribution in [3.63, 3.8) is 0 Å². The van der Waals surface area contributed by atoms with Gasteiger partial charge in [-0.3, -0.25) is 0 Å². The van der Waals surface area contributed by atoms with Crippen LogP contribution in [-0.2, 0) is 4.74 Å². The molecule has 0 rings (SSSR count). The summed E-state index contributed by atoms with van der Waals surface area (Å²) in [7, 11) is 1.38. The average molecular weight is 208 g/mol. The lowest BCUT2D eigenvalue weighted by Crippen LogP contribution is -2.16. The number of alkyl halides is 3. The third-order valence-corrected chi connectivity index (χ3v) is 1.71. The van der Waals surface area contributed by atoms with Crippen LogP contribution in [0.15, 0.2) is 23.3 Å². The molecule has 0 amide bonds. The van der Waals surface area contributed by atoms with Crippen molar-refractivity contribution in [2.75, 3.05) is 13.7 Å². The molecule has 0 radical (unpaired) electrons. The molecule has 1 nitrogen and oxygen atoms in total. The summed E-state index contributed by atoms with van der Waals surface area (Å²) in [6.45, 7) is 3.23. The van der Waals surface area contributed by atoms with Crippen molar-refractivity contribution in [2.24, 2.45) is 0 Å². The molecule has 0 aliphatic carbocycles. The Morgan fingerprint density at radius 1 is 1.36 bits per heavy atom. The van der Waals surface area contributed by atoms with Crippen LogP contribution in [0.1, 0.15) is 20.3 Å². The van der Waals surface area contributed by atoms with Gasteiger partial charge in [0.05, 0.1) is 12.2 Å². The van der Waals surface area contributed by atoms with Crippen molar-refractivity contribution in [1.29, 1.82) is 0 Å². The summed E-state index contributed by atoms with van der Waals surface area (Å²) >= 11 is 0. The Kier molecular flexibility index (Phi) is 5.53. The van der Waals surface area contributed by atoms with Gasteiger partial charge in [0.1, 0.15) is 0 Å². The third-order valence-electron chi connectivity index (χ3n) is 1.71. The molecule has 0 aliphatic heterocycles. The molecule has 0 aromatic heterocycles. The second-order valence-corrected chi connectivity index (χ2v) is 2.77. The van der Waals surface area contributed by atoms with E-state index < -0.39 is 11.7 Å². The Morgan fingerprint density at radius 2 is 1.93 bits per heavy atom. The van der Waals surface area contributed by atoms with Gasteiger partial charge in [-0.25, -0.2) is 0 Å². The lowest BCUT2D eigenvalue weighted by atomic mass is 10.1. The van der Waals surface area contributed by atoms with E-state index in [4.69, 9.17) is 4.74 Å². The Labute approximate surface area is 82.3 Å². The smallest absolute Gasteiger partial charge is 0.380 e. The molecule has 0 spiro atoms. The molecule has 0 saturated carbocycles. The second-order valence-electron chi connectivity index (χ2n) is 2.77. The van der Waals surface area contributed by atoms with Gasteiger partial charge in [0.25, 0.3) is 0 Å². The van der Waals surface area contributed by atoms with Crippen molar-refractivity contribution in [2.45, 2.75) is 26.4 Å². The molecule has 4 heteroatoms. The van der Waals surface area contributed by atoms with Gasteiger partial charge in [-0.2, -0.15) is 13.2 Å². The molecule has 0 fully saturated rings. The number of hydrogen-bond acceptors (Lipinski definition) is 1. The highest BCUT2D eigenvalue weighted by Crippen LogP contribution is 2.31. The predicted molar refractivity (Wildman–Crippen MR) is 50.1 cm³/mol. The molecule has 0 atom stereocenters. The van der Waals surface area contributed by atoms with E-state index in [9.17, 15) is 13.2 Å². The van der Waals surface area contributed by atoms with E-state index in [1.165, 1.54) is 19.3 Å². The Bertz CT molecular complexity index is 226. The van der Waals surface area contributed by atoms with Crippen LogP contribution >= 0.6 is 0 Å². The highest BCUT2D eigenvalue weighted by atomic mass is 19.4.